The summed E-state index contributed by atoms with van der Waals surface area (Å²) in [5, 5.41) is 1.02. The van der Waals surface area contributed by atoms with E-state index >= 15 is 0 Å². The predicted molar refractivity (Wildman–Crippen MR) is 113 cm³/mol. The summed E-state index contributed by atoms with van der Waals surface area (Å²) in [6.45, 7) is 0.776. The fraction of sp³-hybridized carbons (Fsp3) is 0.160. The van der Waals surface area contributed by atoms with E-state index in [0.29, 0.717) is 23.8 Å². The molecule has 0 fully saturated rings. The molecule has 1 unspecified atom stereocenters. The summed E-state index contributed by atoms with van der Waals surface area (Å²) in [4.78, 5) is 15.8. The number of ether oxygens (including phenoxy) is 3. The molecule has 0 radical (unpaired) electrons. The molecule has 3 aromatic carbocycles. The maximum absolute atomic E-state index is 14.0. The summed E-state index contributed by atoms with van der Waals surface area (Å²) in [6, 6.07) is 21.5. The second kappa shape index (κ2) is 5.82. The molecule has 31 heavy (non-hydrogen) atoms. The van der Waals surface area contributed by atoms with Crippen LogP contribution in [-0.4, -0.2) is 19.3 Å². The van der Waals surface area contributed by atoms with Crippen LogP contribution in [-0.2, 0) is 16.8 Å². The number of anilines is 1. The van der Waals surface area contributed by atoms with Crippen molar-refractivity contribution in [2.45, 2.75) is 12.0 Å². The van der Waals surface area contributed by atoms with Gasteiger partial charge in [-0.25, -0.2) is 0 Å². The molecule has 0 bridgehead atoms. The Morgan fingerprint density at radius 2 is 1.65 bits per heavy atom. The quantitative estimate of drug-likeness (QED) is 0.490. The Hall–Kier alpha value is -3.93. The van der Waals surface area contributed by atoms with E-state index in [0.717, 1.165) is 33.5 Å². The molecule has 1 aromatic heterocycles. The Balaban J connectivity index is 1.37. The molecule has 0 saturated heterocycles. The van der Waals surface area contributed by atoms with Gasteiger partial charge in [0.1, 0.15) is 29.1 Å². The Kier molecular flexibility index (Phi) is 3.16. The Bertz CT molecular complexity index is 1360. The third-order valence-electron chi connectivity index (χ3n) is 6.43. The average molecular weight is 411 g/mol. The first-order chi connectivity index (χ1) is 15.2. The molecule has 0 saturated carbocycles. The number of fused-ring (bicyclic) bond motifs is 6. The lowest BCUT2D eigenvalue weighted by atomic mass is 9.77. The maximum Gasteiger partial charge on any atom is 0.246 e. The first-order valence-electron chi connectivity index (χ1n) is 10.2. The van der Waals surface area contributed by atoms with Gasteiger partial charge in [-0.2, -0.15) is 0 Å². The lowest BCUT2D eigenvalue weighted by Crippen LogP contribution is -2.42. The molecule has 6 heteroatoms. The lowest BCUT2D eigenvalue weighted by molar-refractivity contribution is -0.122. The number of nitrogens with zero attached hydrogens (tertiary/aromatic N) is 1. The van der Waals surface area contributed by atoms with Crippen LogP contribution in [0.1, 0.15) is 16.9 Å². The fourth-order valence-corrected chi connectivity index (χ4v) is 4.99. The second-order valence-electron chi connectivity index (χ2n) is 8.05. The summed E-state index contributed by atoms with van der Waals surface area (Å²) in [5.74, 6) is 2.68. The molecule has 3 aliphatic heterocycles. The number of carbonyl (C=O) groups is 1. The van der Waals surface area contributed by atoms with E-state index in [9.17, 15) is 4.79 Å². The summed E-state index contributed by atoms with van der Waals surface area (Å²) < 4.78 is 23.1. The van der Waals surface area contributed by atoms with Crippen LogP contribution in [0, 0.1) is 0 Å². The van der Waals surface area contributed by atoms with Crippen LogP contribution < -0.4 is 19.1 Å². The molecular weight excluding hydrogens is 394 g/mol. The highest BCUT2D eigenvalue weighted by Gasteiger charge is 2.57. The summed E-state index contributed by atoms with van der Waals surface area (Å²) in [6.07, 6.45) is 0. The second-order valence-corrected chi connectivity index (χ2v) is 8.05. The number of hydrogen-bond acceptors (Lipinski definition) is 5. The van der Waals surface area contributed by atoms with Gasteiger partial charge in [0.2, 0.25) is 12.7 Å². The summed E-state index contributed by atoms with van der Waals surface area (Å²) >= 11 is 0. The van der Waals surface area contributed by atoms with Gasteiger partial charge in [0.25, 0.3) is 0 Å². The van der Waals surface area contributed by atoms with Gasteiger partial charge < -0.3 is 23.5 Å². The van der Waals surface area contributed by atoms with Crippen molar-refractivity contribution < 1.29 is 23.4 Å². The molecule has 4 aromatic rings. The minimum Gasteiger partial charge on any atom is -0.491 e. The molecular formula is C25H17NO5. The van der Waals surface area contributed by atoms with Gasteiger partial charge in [-0.3, -0.25) is 4.79 Å². The van der Waals surface area contributed by atoms with E-state index in [2.05, 4.69) is 0 Å². The molecule has 4 heterocycles. The number of furan rings is 1. The van der Waals surface area contributed by atoms with E-state index < -0.39 is 5.41 Å². The van der Waals surface area contributed by atoms with E-state index in [4.69, 9.17) is 18.6 Å². The molecule has 0 aliphatic carbocycles. The molecule has 0 N–H and O–H groups in total. The average Bonchev–Trinajstić information content (AvgIpc) is 3.55. The molecule has 1 spiro atoms. The van der Waals surface area contributed by atoms with Crippen LogP contribution in [0.3, 0.4) is 0 Å². The van der Waals surface area contributed by atoms with Gasteiger partial charge in [-0.05, 0) is 29.8 Å². The Labute approximate surface area is 177 Å². The lowest BCUT2D eigenvalue weighted by Gasteiger charge is -2.22. The van der Waals surface area contributed by atoms with Crippen molar-refractivity contribution in [1.29, 1.82) is 0 Å². The normalized spacial score (nSPS) is 20.4. The van der Waals surface area contributed by atoms with Gasteiger partial charge in [0.05, 0.1) is 6.54 Å². The van der Waals surface area contributed by atoms with Crippen LogP contribution in [0.25, 0.3) is 11.0 Å². The summed E-state index contributed by atoms with van der Waals surface area (Å²) in [7, 11) is 0. The predicted octanol–water partition coefficient (Wildman–Crippen LogP) is 4.39. The van der Waals surface area contributed by atoms with Crippen molar-refractivity contribution in [2.24, 2.45) is 0 Å². The largest absolute Gasteiger partial charge is 0.491 e. The van der Waals surface area contributed by atoms with E-state index in [1.807, 2.05) is 66.7 Å². The maximum atomic E-state index is 14.0. The van der Waals surface area contributed by atoms with Crippen molar-refractivity contribution >= 4 is 22.6 Å². The number of benzene rings is 3. The first kappa shape index (κ1) is 16.8. The Morgan fingerprint density at radius 1 is 0.839 bits per heavy atom. The van der Waals surface area contributed by atoms with Crippen LogP contribution in [0.2, 0.25) is 0 Å². The molecule has 7 rings (SSSR count). The zero-order chi connectivity index (χ0) is 20.6. The number of amides is 1. The van der Waals surface area contributed by atoms with Crippen LogP contribution >= 0.6 is 0 Å². The van der Waals surface area contributed by atoms with E-state index in [1.165, 1.54) is 0 Å². The zero-order valence-electron chi connectivity index (χ0n) is 16.5. The van der Waals surface area contributed by atoms with E-state index in [1.54, 1.807) is 4.90 Å². The Morgan fingerprint density at radius 3 is 2.55 bits per heavy atom. The highest BCUT2D eigenvalue weighted by atomic mass is 16.7. The van der Waals surface area contributed by atoms with Crippen molar-refractivity contribution in [1.82, 2.24) is 0 Å². The monoisotopic (exact) mass is 411 g/mol. The third-order valence-corrected chi connectivity index (χ3v) is 6.43. The zero-order valence-corrected chi connectivity index (χ0v) is 16.5. The molecule has 3 aliphatic rings. The van der Waals surface area contributed by atoms with Gasteiger partial charge in [0.15, 0.2) is 11.5 Å². The SMILES string of the molecule is O=C1N(Cc2cc3ccccc3o2)c2ccccc2C12COc1cc3c(cc12)OCO3. The summed E-state index contributed by atoms with van der Waals surface area (Å²) in [5.41, 5.74) is 2.55. The van der Waals surface area contributed by atoms with Crippen molar-refractivity contribution in [3.8, 4) is 17.2 Å². The van der Waals surface area contributed by atoms with Gasteiger partial charge >= 0.3 is 0 Å². The number of carbonyl (C=O) groups excluding carboxylic acids is 1. The smallest absolute Gasteiger partial charge is 0.246 e. The minimum absolute atomic E-state index is 0.0215. The number of para-hydroxylation sites is 2. The fourth-order valence-electron chi connectivity index (χ4n) is 4.99. The number of hydrogen-bond donors (Lipinski definition) is 0. The minimum atomic E-state index is -0.904. The van der Waals surface area contributed by atoms with Crippen molar-refractivity contribution in [2.75, 3.05) is 18.3 Å². The highest BCUT2D eigenvalue weighted by Crippen LogP contribution is 2.55. The number of rotatable bonds is 2. The highest BCUT2D eigenvalue weighted by molar-refractivity contribution is 6.11. The van der Waals surface area contributed by atoms with Crippen LogP contribution in [0.4, 0.5) is 5.69 Å². The molecule has 1 amide bonds. The molecule has 1 atom stereocenters. The van der Waals surface area contributed by atoms with Gasteiger partial charge in [-0.1, -0.05) is 36.4 Å². The van der Waals surface area contributed by atoms with Crippen LogP contribution in [0.5, 0.6) is 17.2 Å². The van der Waals surface area contributed by atoms with Gasteiger partial charge in [0, 0.05) is 22.7 Å². The first-order valence-corrected chi connectivity index (χ1v) is 10.2. The van der Waals surface area contributed by atoms with Crippen molar-refractivity contribution in [3.05, 3.63) is 83.6 Å². The van der Waals surface area contributed by atoms with E-state index in [-0.39, 0.29) is 19.3 Å². The topological polar surface area (TPSA) is 61.1 Å². The molecule has 6 nitrogen and oxygen atoms in total. The van der Waals surface area contributed by atoms with Crippen molar-refractivity contribution in [3.63, 3.8) is 0 Å². The third kappa shape index (κ3) is 2.14. The van der Waals surface area contributed by atoms with Gasteiger partial charge in [-0.15, -0.1) is 0 Å². The van der Waals surface area contributed by atoms with Crippen LogP contribution in [0.15, 0.2) is 71.1 Å². The molecule has 152 valence electrons. The standard InChI is InChI=1S/C25H17NO5/c27-24-25(13-28-21-11-23-22(10-18(21)25)29-14-30-23)17-6-2-3-7-19(17)26(24)12-16-9-15-5-1-4-8-20(15)31-16/h1-11H,12-14H2.